The Morgan fingerprint density at radius 3 is 2.67 bits per heavy atom. The summed E-state index contributed by atoms with van der Waals surface area (Å²) in [4.78, 5) is 2.16. The molecule has 3 heteroatoms. The van der Waals surface area contributed by atoms with E-state index in [-0.39, 0.29) is 6.23 Å². The van der Waals surface area contributed by atoms with Gasteiger partial charge in [0.2, 0.25) is 0 Å². The summed E-state index contributed by atoms with van der Waals surface area (Å²) in [5.74, 6) is 0. The fourth-order valence-corrected chi connectivity index (χ4v) is 1.36. The van der Waals surface area contributed by atoms with Gasteiger partial charge in [-0.25, -0.2) is 0 Å². The number of fused-ring (bicyclic) bond motifs is 1. The number of likely N-dealkylation sites (N-methyl/N-ethyl adjacent to an activating group) is 1. The highest BCUT2D eigenvalue weighted by atomic mass is 16.6. The van der Waals surface area contributed by atoms with E-state index in [1.807, 2.05) is 0 Å². The van der Waals surface area contributed by atoms with Crippen LogP contribution in [0, 0.1) is 0 Å². The molecule has 0 aromatic heterocycles. The molecule has 0 saturated carbocycles. The van der Waals surface area contributed by atoms with E-state index >= 15 is 0 Å². The first-order valence-electron chi connectivity index (χ1n) is 3.31. The summed E-state index contributed by atoms with van der Waals surface area (Å²) in [6.07, 6.45) is 0.627. The van der Waals surface area contributed by atoms with E-state index < -0.39 is 0 Å². The highest BCUT2D eigenvalue weighted by Crippen LogP contribution is 2.22. The van der Waals surface area contributed by atoms with E-state index in [1.165, 1.54) is 0 Å². The Hall–Kier alpha value is -0.120. The fourth-order valence-electron chi connectivity index (χ4n) is 1.36. The number of hydrogen-bond acceptors (Lipinski definition) is 3. The monoisotopic (exact) mass is 129 g/mol. The second-order valence-electron chi connectivity index (χ2n) is 2.61. The zero-order valence-corrected chi connectivity index (χ0v) is 5.54. The van der Waals surface area contributed by atoms with Gasteiger partial charge in [0.25, 0.3) is 0 Å². The third-order valence-electron chi connectivity index (χ3n) is 1.92. The first kappa shape index (κ1) is 5.65. The summed E-state index contributed by atoms with van der Waals surface area (Å²) >= 11 is 0. The molecule has 2 fully saturated rings. The first-order chi connectivity index (χ1) is 4.38. The van der Waals surface area contributed by atoms with Gasteiger partial charge in [0.1, 0.15) is 12.3 Å². The lowest BCUT2D eigenvalue weighted by molar-refractivity contribution is -0.253. The number of hydrogen-bond donors (Lipinski definition) is 0. The van der Waals surface area contributed by atoms with Gasteiger partial charge >= 0.3 is 0 Å². The van der Waals surface area contributed by atoms with Gasteiger partial charge in [0.05, 0.1) is 13.2 Å². The van der Waals surface area contributed by atoms with E-state index in [0.29, 0.717) is 6.10 Å². The van der Waals surface area contributed by atoms with Gasteiger partial charge < -0.3 is 9.47 Å². The molecule has 2 saturated heterocycles. The van der Waals surface area contributed by atoms with Crippen molar-refractivity contribution in [3.8, 4) is 0 Å². The van der Waals surface area contributed by atoms with E-state index in [4.69, 9.17) is 9.47 Å². The van der Waals surface area contributed by atoms with Crippen LogP contribution >= 0.6 is 0 Å². The second-order valence-corrected chi connectivity index (χ2v) is 2.61. The highest BCUT2D eigenvalue weighted by Gasteiger charge is 2.40. The molecule has 2 aliphatic heterocycles. The smallest absolute Gasteiger partial charge is 0.138 e. The van der Waals surface area contributed by atoms with E-state index in [0.717, 1.165) is 19.8 Å². The van der Waals surface area contributed by atoms with Gasteiger partial charge in [0.15, 0.2) is 0 Å². The summed E-state index contributed by atoms with van der Waals surface area (Å²) in [6, 6.07) is 0. The summed E-state index contributed by atoms with van der Waals surface area (Å²) in [5.41, 5.74) is 0. The third-order valence-corrected chi connectivity index (χ3v) is 1.92. The molecule has 0 aliphatic carbocycles. The van der Waals surface area contributed by atoms with Crippen LogP contribution in [0.5, 0.6) is 0 Å². The van der Waals surface area contributed by atoms with Gasteiger partial charge in [0, 0.05) is 6.54 Å². The van der Waals surface area contributed by atoms with Crippen molar-refractivity contribution in [3.63, 3.8) is 0 Å². The van der Waals surface area contributed by atoms with Crippen LogP contribution in [-0.4, -0.2) is 44.0 Å². The minimum Gasteiger partial charge on any atom is -0.370 e. The van der Waals surface area contributed by atoms with Crippen LogP contribution < -0.4 is 0 Å². The van der Waals surface area contributed by atoms with Crippen molar-refractivity contribution in [1.29, 1.82) is 0 Å². The lowest BCUT2D eigenvalue weighted by Gasteiger charge is -2.47. The number of rotatable bonds is 0. The summed E-state index contributed by atoms with van der Waals surface area (Å²) in [5, 5.41) is 0. The van der Waals surface area contributed by atoms with Crippen LogP contribution in [0.2, 0.25) is 0 Å². The molecule has 0 amide bonds. The number of likely N-dealkylation sites (tertiary alicyclic amines) is 1. The fraction of sp³-hybridized carbons (Fsp3) is 1.00. The molecule has 2 heterocycles. The zero-order chi connectivity index (χ0) is 6.27. The summed E-state index contributed by atoms with van der Waals surface area (Å²) in [6.45, 7) is 2.56. The molecular formula is C6H11NO2. The Bertz CT molecular complexity index is 116. The Morgan fingerprint density at radius 2 is 2.11 bits per heavy atom. The lowest BCUT2D eigenvalue weighted by atomic mass is 10.1. The van der Waals surface area contributed by atoms with E-state index in [2.05, 4.69) is 11.9 Å². The van der Waals surface area contributed by atoms with Gasteiger partial charge in [-0.15, -0.1) is 0 Å². The lowest BCUT2D eigenvalue weighted by Crippen LogP contribution is -2.62. The van der Waals surface area contributed by atoms with Crippen LogP contribution in [0.3, 0.4) is 0 Å². The van der Waals surface area contributed by atoms with Crippen molar-refractivity contribution >= 4 is 0 Å². The maximum atomic E-state index is 5.39. The van der Waals surface area contributed by atoms with Crippen LogP contribution in [0.15, 0.2) is 0 Å². The average molecular weight is 129 g/mol. The molecule has 9 heavy (non-hydrogen) atoms. The second kappa shape index (κ2) is 1.94. The van der Waals surface area contributed by atoms with E-state index in [9.17, 15) is 0 Å². The standard InChI is InChI=1S/C6H11NO2/c1-7-4-5-6(7)9-3-2-8-5/h5-6H,2-4H2,1H3. The SMILES string of the molecule is CN1CC2OCCOC21. The molecule has 2 atom stereocenters. The van der Waals surface area contributed by atoms with Crippen molar-refractivity contribution in [2.24, 2.45) is 0 Å². The maximum Gasteiger partial charge on any atom is 0.138 e. The molecule has 0 aromatic carbocycles. The predicted octanol–water partition coefficient (Wildman–Crippen LogP) is -0.327. The Kier molecular flexibility index (Phi) is 1.22. The maximum absolute atomic E-state index is 5.39. The van der Waals surface area contributed by atoms with Gasteiger partial charge in [-0.3, -0.25) is 4.90 Å². The molecule has 3 nitrogen and oxygen atoms in total. The van der Waals surface area contributed by atoms with Crippen molar-refractivity contribution < 1.29 is 9.47 Å². The molecule has 2 rings (SSSR count). The quantitative estimate of drug-likeness (QED) is 0.447. The predicted molar refractivity (Wildman–Crippen MR) is 32.1 cm³/mol. The van der Waals surface area contributed by atoms with Crippen LogP contribution in [-0.2, 0) is 9.47 Å². The average Bonchev–Trinajstić information content (AvgIpc) is 1.86. The van der Waals surface area contributed by atoms with Gasteiger partial charge in [-0.05, 0) is 7.05 Å². The minimum atomic E-state index is 0.263. The van der Waals surface area contributed by atoms with Crippen molar-refractivity contribution in [3.05, 3.63) is 0 Å². The molecule has 52 valence electrons. The molecule has 0 aromatic rings. The normalized spacial score (nSPS) is 43.7. The van der Waals surface area contributed by atoms with Gasteiger partial charge in [-0.2, -0.15) is 0 Å². The van der Waals surface area contributed by atoms with Crippen LogP contribution in [0.1, 0.15) is 0 Å². The number of ether oxygens (including phenoxy) is 2. The van der Waals surface area contributed by atoms with Crippen molar-refractivity contribution in [2.45, 2.75) is 12.3 Å². The Labute approximate surface area is 54.5 Å². The largest absolute Gasteiger partial charge is 0.370 e. The number of nitrogens with zero attached hydrogens (tertiary/aromatic N) is 1. The zero-order valence-electron chi connectivity index (χ0n) is 5.54. The summed E-state index contributed by atoms with van der Waals surface area (Å²) < 4.78 is 10.8. The van der Waals surface area contributed by atoms with E-state index in [1.54, 1.807) is 0 Å². The third kappa shape index (κ3) is 0.764. The van der Waals surface area contributed by atoms with Crippen molar-refractivity contribution in [1.82, 2.24) is 4.90 Å². The highest BCUT2D eigenvalue weighted by molar-refractivity contribution is 4.85. The minimum absolute atomic E-state index is 0.263. The van der Waals surface area contributed by atoms with Gasteiger partial charge in [-0.1, -0.05) is 0 Å². The molecule has 2 aliphatic rings. The molecule has 0 bridgehead atoms. The molecule has 0 radical (unpaired) electrons. The Morgan fingerprint density at radius 1 is 1.33 bits per heavy atom. The molecule has 2 unspecified atom stereocenters. The molecule has 0 spiro atoms. The molecular weight excluding hydrogens is 118 g/mol. The topological polar surface area (TPSA) is 21.7 Å². The van der Waals surface area contributed by atoms with Crippen molar-refractivity contribution in [2.75, 3.05) is 26.8 Å². The Balaban J connectivity index is 1.94. The summed E-state index contributed by atoms with van der Waals surface area (Å²) in [7, 11) is 2.05. The molecule has 0 N–H and O–H groups in total. The van der Waals surface area contributed by atoms with Crippen LogP contribution in [0.25, 0.3) is 0 Å². The first-order valence-corrected chi connectivity index (χ1v) is 3.31. The van der Waals surface area contributed by atoms with Crippen LogP contribution in [0.4, 0.5) is 0 Å².